The number of halogens is 1. The van der Waals surface area contributed by atoms with Crippen LogP contribution in [0.15, 0.2) is 40.9 Å². The van der Waals surface area contributed by atoms with Crippen molar-refractivity contribution < 1.29 is 9.53 Å². The fraction of sp³-hybridized carbons (Fsp3) is 0.167. The molecule has 1 saturated heterocycles. The smallest absolute Gasteiger partial charge is 0.228 e. The van der Waals surface area contributed by atoms with Crippen LogP contribution < -0.4 is 5.32 Å². The van der Waals surface area contributed by atoms with Crippen molar-refractivity contribution in [3.05, 3.63) is 52.0 Å². The monoisotopic (exact) mass is 368 g/mol. The van der Waals surface area contributed by atoms with Gasteiger partial charge < -0.3 is 15.0 Å². The molecule has 1 atom stereocenters. The highest BCUT2D eigenvalue weighted by Crippen LogP contribution is 2.45. The summed E-state index contributed by atoms with van der Waals surface area (Å²) in [6.45, 7) is 0.742. The Morgan fingerprint density at radius 2 is 2.09 bits per heavy atom. The summed E-state index contributed by atoms with van der Waals surface area (Å²) in [6.07, 6.45) is 0.497. The summed E-state index contributed by atoms with van der Waals surface area (Å²) in [4.78, 5) is 15.9. The first-order valence-corrected chi connectivity index (χ1v) is 8.35. The molecule has 2 N–H and O–H groups in total. The predicted molar refractivity (Wildman–Crippen MR) is 92.5 cm³/mol. The maximum Gasteiger partial charge on any atom is 0.228 e. The summed E-state index contributed by atoms with van der Waals surface area (Å²) in [5, 5.41) is 4.12. The molecule has 3 aromatic rings. The molecule has 2 aromatic carbocycles. The van der Waals surface area contributed by atoms with Crippen molar-refractivity contribution in [3.8, 4) is 11.3 Å². The number of carbonyl (C=O) groups excluding carboxylic acids is 1. The van der Waals surface area contributed by atoms with E-state index < -0.39 is 0 Å². The van der Waals surface area contributed by atoms with E-state index in [1.165, 1.54) is 0 Å². The van der Waals surface area contributed by atoms with Crippen LogP contribution in [-0.4, -0.2) is 17.5 Å². The number of benzene rings is 2. The Hall–Kier alpha value is -2.11. The zero-order chi connectivity index (χ0) is 15.6. The number of H-pyrrole nitrogens is 1. The summed E-state index contributed by atoms with van der Waals surface area (Å²) < 4.78 is 6.51. The molecule has 2 aliphatic rings. The second-order valence-corrected chi connectivity index (χ2v) is 6.90. The molecule has 114 valence electrons. The number of anilines is 1. The van der Waals surface area contributed by atoms with Crippen LogP contribution in [0.3, 0.4) is 0 Å². The van der Waals surface area contributed by atoms with Crippen molar-refractivity contribution in [1.29, 1.82) is 0 Å². The molecule has 4 nitrogen and oxygen atoms in total. The lowest BCUT2D eigenvalue weighted by molar-refractivity contribution is -0.115. The Labute approximate surface area is 141 Å². The number of carbonyl (C=O) groups is 1. The molecule has 2 aliphatic heterocycles. The van der Waals surface area contributed by atoms with E-state index in [0.717, 1.165) is 50.1 Å². The summed E-state index contributed by atoms with van der Waals surface area (Å²) in [7, 11) is 0. The van der Waals surface area contributed by atoms with E-state index in [1.807, 2.05) is 24.3 Å². The van der Waals surface area contributed by atoms with Gasteiger partial charge >= 0.3 is 0 Å². The Morgan fingerprint density at radius 1 is 1.22 bits per heavy atom. The number of hydrogen-bond donors (Lipinski definition) is 2. The van der Waals surface area contributed by atoms with Gasteiger partial charge in [-0.3, -0.25) is 4.79 Å². The normalized spacial score (nSPS) is 19.0. The highest BCUT2D eigenvalue weighted by Gasteiger charge is 2.32. The fourth-order valence-electron chi connectivity index (χ4n) is 3.42. The summed E-state index contributed by atoms with van der Waals surface area (Å²) >= 11 is 3.52. The third-order valence-corrected chi connectivity index (χ3v) is 5.00. The summed E-state index contributed by atoms with van der Waals surface area (Å²) in [5.74, 6) is 0.0136. The van der Waals surface area contributed by atoms with Gasteiger partial charge in [0.2, 0.25) is 5.91 Å². The number of amides is 1. The molecule has 1 aromatic heterocycles. The van der Waals surface area contributed by atoms with Gasteiger partial charge in [-0.1, -0.05) is 28.1 Å². The molecule has 23 heavy (non-hydrogen) atoms. The van der Waals surface area contributed by atoms with E-state index in [4.69, 9.17) is 4.74 Å². The van der Waals surface area contributed by atoms with Crippen LogP contribution in [0.5, 0.6) is 0 Å². The van der Waals surface area contributed by atoms with Gasteiger partial charge in [0.05, 0.1) is 24.4 Å². The van der Waals surface area contributed by atoms with E-state index in [2.05, 4.69) is 38.4 Å². The number of aromatic nitrogens is 1. The van der Waals surface area contributed by atoms with Gasteiger partial charge in [-0.25, -0.2) is 0 Å². The van der Waals surface area contributed by atoms with Crippen molar-refractivity contribution >= 4 is 38.4 Å². The zero-order valence-corrected chi connectivity index (χ0v) is 13.7. The van der Waals surface area contributed by atoms with Crippen LogP contribution in [0.1, 0.15) is 17.2 Å². The minimum atomic E-state index is 0.0136. The number of hydrogen-bond acceptors (Lipinski definition) is 2. The second kappa shape index (κ2) is 4.69. The molecule has 0 spiro atoms. The van der Waals surface area contributed by atoms with Gasteiger partial charge in [0.1, 0.15) is 6.10 Å². The van der Waals surface area contributed by atoms with Crippen LogP contribution in [0, 0.1) is 0 Å². The molecular formula is C18H13BrN2O2. The Morgan fingerprint density at radius 3 is 2.91 bits per heavy atom. The van der Waals surface area contributed by atoms with E-state index >= 15 is 0 Å². The Bertz CT molecular complexity index is 973. The highest BCUT2D eigenvalue weighted by atomic mass is 79.9. The van der Waals surface area contributed by atoms with Gasteiger partial charge in [-0.2, -0.15) is 0 Å². The SMILES string of the molecule is O=C1Cc2c([nH]c3ccc(Br)cc23)-c2c(cccc2C2CO2)N1. The van der Waals surface area contributed by atoms with Crippen LogP contribution in [-0.2, 0) is 16.0 Å². The van der Waals surface area contributed by atoms with Gasteiger partial charge in [-0.15, -0.1) is 0 Å². The average Bonchev–Trinajstić information content (AvgIpc) is 3.33. The lowest BCUT2D eigenvalue weighted by atomic mass is 9.97. The maximum atomic E-state index is 12.4. The topological polar surface area (TPSA) is 57.4 Å². The third kappa shape index (κ3) is 2.04. The largest absolute Gasteiger partial charge is 0.368 e. The molecule has 1 fully saturated rings. The average molecular weight is 369 g/mol. The first-order valence-electron chi connectivity index (χ1n) is 7.55. The van der Waals surface area contributed by atoms with E-state index in [-0.39, 0.29) is 12.0 Å². The van der Waals surface area contributed by atoms with Gasteiger partial charge in [-0.05, 0) is 35.4 Å². The molecule has 5 rings (SSSR count). The van der Waals surface area contributed by atoms with Crippen LogP contribution in [0.2, 0.25) is 0 Å². The number of rotatable bonds is 1. The quantitative estimate of drug-likeness (QED) is 0.633. The minimum absolute atomic E-state index is 0.0136. The molecule has 0 saturated carbocycles. The third-order valence-electron chi connectivity index (χ3n) is 4.51. The van der Waals surface area contributed by atoms with Crippen molar-refractivity contribution in [2.45, 2.75) is 12.5 Å². The van der Waals surface area contributed by atoms with Crippen molar-refractivity contribution in [3.63, 3.8) is 0 Å². The molecule has 5 heteroatoms. The standard InChI is InChI=1S/C18H13BrN2O2/c19-9-4-5-13-11(6-9)12-7-16(22)20-14-3-1-2-10(15-8-23-15)17(14)18(12)21-13/h1-6,15,21H,7-8H2,(H,20,22). The Balaban J connectivity index is 1.88. The van der Waals surface area contributed by atoms with Gasteiger partial charge in [0.15, 0.2) is 0 Å². The van der Waals surface area contributed by atoms with E-state index in [0.29, 0.717) is 6.42 Å². The molecule has 1 amide bonds. The molecule has 0 aliphatic carbocycles. The minimum Gasteiger partial charge on any atom is -0.368 e. The van der Waals surface area contributed by atoms with Crippen LogP contribution in [0.25, 0.3) is 22.2 Å². The van der Waals surface area contributed by atoms with Gasteiger partial charge in [0, 0.05) is 20.9 Å². The fourth-order valence-corrected chi connectivity index (χ4v) is 3.78. The Kier molecular flexibility index (Phi) is 2.72. The number of aromatic amines is 1. The molecule has 3 heterocycles. The maximum absolute atomic E-state index is 12.4. The molecule has 0 bridgehead atoms. The van der Waals surface area contributed by atoms with Crippen molar-refractivity contribution in [2.24, 2.45) is 0 Å². The lowest BCUT2D eigenvalue weighted by Gasteiger charge is -2.11. The van der Waals surface area contributed by atoms with Crippen LogP contribution in [0.4, 0.5) is 5.69 Å². The number of ether oxygens (including phenoxy) is 1. The van der Waals surface area contributed by atoms with E-state index in [1.54, 1.807) is 0 Å². The lowest BCUT2D eigenvalue weighted by Crippen LogP contribution is -2.12. The first-order chi connectivity index (χ1) is 11.2. The van der Waals surface area contributed by atoms with E-state index in [9.17, 15) is 4.79 Å². The number of fused-ring (bicyclic) bond motifs is 5. The van der Waals surface area contributed by atoms with Crippen molar-refractivity contribution in [2.75, 3.05) is 11.9 Å². The second-order valence-electron chi connectivity index (χ2n) is 5.99. The summed E-state index contributed by atoms with van der Waals surface area (Å²) in [6, 6.07) is 12.1. The highest BCUT2D eigenvalue weighted by molar-refractivity contribution is 9.10. The van der Waals surface area contributed by atoms with Crippen molar-refractivity contribution in [1.82, 2.24) is 4.98 Å². The first kappa shape index (κ1) is 13.3. The molecular weight excluding hydrogens is 356 g/mol. The summed E-state index contributed by atoms with van der Waals surface area (Å²) in [5.41, 5.74) is 6.17. The van der Waals surface area contributed by atoms with Gasteiger partial charge in [0.25, 0.3) is 0 Å². The molecule has 1 unspecified atom stereocenters. The molecule has 0 radical (unpaired) electrons. The van der Waals surface area contributed by atoms with Crippen LogP contribution >= 0.6 is 15.9 Å². The predicted octanol–water partition coefficient (Wildman–Crippen LogP) is 4.16. The number of nitrogens with one attached hydrogen (secondary N) is 2. The number of epoxide rings is 1. The zero-order valence-electron chi connectivity index (χ0n) is 12.2.